The summed E-state index contributed by atoms with van der Waals surface area (Å²) in [6, 6.07) is 8.90. The van der Waals surface area contributed by atoms with Crippen LogP contribution in [0.2, 0.25) is 4.34 Å². The van der Waals surface area contributed by atoms with E-state index >= 15 is 0 Å². The molecule has 0 aliphatic carbocycles. The van der Waals surface area contributed by atoms with Crippen LogP contribution in [0.3, 0.4) is 0 Å². The lowest BCUT2D eigenvalue weighted by molar-refractivity contribution is 0.100. The van der Waals surface area contributed by atoms with Crippen LogP contribution in [-0.2, 0) is 10.1 Å². The van der Waals surface area contributed by atoms with Gasteiger partial charge in [0.15, 0.2) is 5.96 Å². The largest absolute Gasteiger partial charge is 0.370 e. The monoisotopic (exact) mass is 375 g/mol. The Balaban J connectivity index is 0.000000463. The maximum atomic E-state index is 11.7. The maximum absolute atomic E-state index is 11.7. The molecule has 23 heavy (non-hydrogen) atoms. The van der Waals surface area contributed by atoms with Crippen LogP contribution in [0.4, 0.5) is 0 Å². The number of nitrogens with two attached hydrogens (primary N) is 2. The molecule has 1 aromatic heterocycles. The molecule has 0 aliphatic heterocycles. The lowest BCUT2D eigenvalue weighted by atomic mass is 10.1. The highest BCUT2D eigenvalue weighted by Gasteiger charge is 2.09. The first-order chi connectivity index (χ1) is 10.6. The number of nitrogens with zero attached hydrogens (tertiary/aromatic N) is 1. The van der Waals surface area contributed by atoms with E-state index in [1.54, 1.807) is 18.2 Å². The SMILES string of the molecule is CS(=O)(=O)O.NC(N)=NC(=O)c1cccc(-c2ccsc2Cl)c1. The van der Waals surface area contributed by atoms with Crippen LogP contribution in [-0.4, -0.2) is 31.1 Å². The number of rotatable bonds is 2. The van der Waals surface area contributed by atoms with Gasteiger partial charge in [-0.1, -0.05) is 23.7 Å². The molecule has 0 fully saturated rings. The Hall–Kier alpha value is -1.94. The number of guanidine groups is 1. The van der Waals surface area contributed by atoms with E-state index in [1.807, 2.05) is 17.5 Å². The quantitative estimate of drug-likeness (QED) is 0.417. The highest BCUT2D eigenvalue weighted by Crippen LogP contribution is 2.32. The molecule has 0 saturated carbocycles. The molecule has 1 heterocycles. The van der Waals surface area contributed by atoms with E-state index in [0.29, 0.717) is 16.2 Å². The van der Waals surface area contributed by atoms with Gasteiger partial charge in [0, 0.05) is 11.1 Å². The van der Waals surface area contributed by atoms with Crippen LogP contribution in [0, 0.1) is 0 Å². The average Bonchev–Trinajstić information content (AvgIpc) is 2.82. The smallest absolute Gasteiger partial charge is 0.280 e. The van der Waals surface area contributed by atoms with Crippen molar-refractivity contribution in [3.63, 3.8) is 0 Å². The molecular formula is C13H14ClN3O4S2. The van der Waals surface area contributed by atoms with E-state index in [2.05, 4.69) is 4.99 Å². The van der Waals surface area contributed by atoms with Gasteiger partial charge in [-0.3, -0.25) is 9.35 Å². The van der Waals surface area contributed by atoms with Crippen molar-refractivity contribution in [1.29, 1.82) is 0 Å². The third kappa shape index (κ3) is 7.24. The standard InChI is InChI=1S/C12H10ClN3OS.CH4O3S/c13-10-9(4-5-18-10)7-2-1-3-8(6-7)11(17)16-12(14)15;1-5(2,3)4/h1-6H,(H4,14,15,16,17);1H3,(H,2,3,4). The Morgan fingerprint density at radius 2 is 1.91 bits per heavy atom. The Labute approximate surface area is 142 Å². The highest BCUT2D eigenvalue weighted by molar-refractivity contribution is 7.85. The maximum Gasteiger partial charge on any atom is 0.280 e. The molecule has 10 heteroatoms. The number of hydrogen-bond acceptors (Lipinski definition) is 4. The third-order valence-corrected chi connectivity index (χ3v) is 3.44. The Morgan fingerprint density at radius 3 is 2.39 bits per heavy atom. The van der Waals surface area contributed by atoms with Crippen molar-refractivity contribution >= 4 is 44.9 Å². The van der Waals surface area contributed by atoms with E-state index < -0.39 is 16.0 Å². The van der Waals surface area contributed by atoms with Crippen molar-refractivity contribution in [3.05, 3.63) is 45.6 Å². The summed E-state index contributed by atoms with van der Waals surface area (Å²) in [6.45, 7) is 0. The summed E-state index contributed by atoms with van der Waals surface area (Å²) in [5, 5.41) is 1.89. The summed E-state index contributed by atoms with van der Waals surface area (Å²) < 4.78 is 26.5. The summed E-state index contributed by atoms with van der Waals surface area (Å²) in [4.78, 5) is 15.2. The van der Waals surface area contributed by atoms with Gasteiger partial charge in [0.2, 0.25) is 0 Å². The fourth-order valence-corrected chi connectivity index (χ4v) is 2.46. The van der Waals surface area contributed by atoms with Crippen LogP contribution >= 0.6 is 22.9 Å². The highest BCUT2D eigenvalue weighted by atomic mass is 35.5. The fourth-order valence-electron chi connectivity index (χ4n) is 1.50. The molecule has 0 bridgehead atoms. The van der Waals surface area contributed by atoms with Crippen molar-refractivity contribution in [3.8, 4) is 11.1 Å². The second kappa shape index (κ2) is 8.06. The minimum Gasteiger partial charge on any atom is -0.370 e. The van der Waals surface area contributed by atoms with Gasteiger partial charge in [-0.05, 0) is 29.1 Å². The number of thiophene rings is 1. The first-order valence-electron chi connectivity index (χ1n) is 5.98. The van der Waals surface area contributed by atoms with Gasteiger partial charge in [-0.15, -0.1) is 11.3 Å². The van der Waals surface area contributed by atoms with Crippen molar-refractivity contribution in [2.75, 3.05) is 6.26 Å². The van der Waals surface area contributed by atoms with Crippen molar-refractivity contribution in [1.82, 2.24) is 0 Å². The minimum atomic E-state index is -3.67. The third-order valence-electron chi connectivity index (χ3n) is 2.27. The van der Waals surface area contributed by atoms with Crippen LogP contribution < -0.4 is 11.5 Å². The van der Waals surface area contributed by atoms with Crippen LogP contribution in [0.1, 0.15) is 10.4 Å². The number of carbonyl (C=O) groups excluding carboxylic acids is 1. The molecule has 7 nitrogen and oxygen atoms in total. The van der Waals surface area contributed by atoms with Crippen molar-refractivity contribution in [2.24, 2.45) is 16.5 Å². The number of amides is 1. The summed E-state index contributed by atoms with van der Waals surface area (Å²) in [7, 11) is -3.67. The van der Waals surface area contributed by atoms with E-state index in [-0.39, 0.29) is 5.96 Å². The molecule has 0 unspecified atom stereocenters. The molecule has 1 aromatic carbocycles. The number of benzene rings is 1. The Kier molecular flexibility index (Phi) is 6.70. The molecule has 2 rings (SSSR count). The number of halogens is 1. The van der Waals surface area contributed by atoms with Gasteiger partial charge < -0.3 is 11.5 Å². The van der Waals surface area contributed by atoms with Crippen molar-refractivity contribution < 1.29 is 17.8 Å². The molecule has 0 saturated heterocycles. The molecular weight excluding hydrogens is 362 g/mol. The van der Waals surface area contributed by atoms with E-state index in [1.165, 1.54) is 11.3 Å². The van der Waals surface area contributed by atoms with E-state index in [0.717, 1.165) is 11.1 Å². The van der Waals surface area contributed by atoms with Crippen LogP contribution in [0.25, 0.3) is 11.1 Å². The molecule has 124 valence electrons. The van der Waals surface area contributed by atoms with E-state index in [4.69, 9.17) is 27.6 Å². The minimum absolute atomic E-state index is 0.251. The summed E-state index contributed by atoms with van der Waals surface area (Å²) >= 11 is 7.49. The number of carbonyl (C=O) groups is 1. The second-order valence-electron chi connectivity index (χ2n) is 4.26. The van der Waals surface area contributed by atoms with Crippen molar-refractivity contribution in [2.45, 2.75) is 0 Å². The van der Waals surface area contributed by atoms with Gasteiger partial charge in [-0.2, -0.15) is 13.4 Å². The van der Waals surface area contributed by atoms with Gasteiger partial charge in [0.05, 0.1) is 6.26 Å². The second-order valence-corrected chi connectivity index (χ2v) is 7.25. The topological polar surface area (TPSA) is 136 Å². The van der Waals surface area contributed by atoms with Gasteiger partial charge >= 0.3 is 0 Å². The molecule has 5 N–H and O–H groups in total. The van der Waals surface area contributed by atoms with Crippen LogP contribution in [0.15, 0.2) is 40.7 Å². The number of hydrogen-bond donors (Lipinski definition) is 3. The number of aliphatic imine (C=N–C) groups is 1. The summed E-state index contributed by atoms with van der Waals surface area (Å²) in [6.07, 6.45) is 0.715. The van der Waals surface area contributed by atoms with Gasteiger partial charge in [0.1, 0.15) is 4.34 Å². The molecule has 0 spiro atoms. The predicted molar refractivity (Wildman–Crippen MR) is 92.4 cm³/mol. The van der Waals surface area contributed by atoms with E-state index in [9.17, 15) is 13.2 Å². The van der Waals surface area contributed by atoms with Crippen LogP contribution in [0.5, 0.6) is 0 Å². The average molecular weight is 376 g/mol. The normalized spacial score (nSPS) is 10.4. The Morgan fingerprint density at radius 1 is 1.30 bits per heavy atom. The Bertz CT molecular complexity index is 819. The lowest BCUT2D eigenvalue weighted by Crippen LogP contribution is -2.24. The zero-order chi connectivity index (χ0) is 17.6. The summed E-state index contributed by atoms with van der Waals surface area (Å²) in [5.41, 5.74) is 12.5. The fraction of sp³-hybridized carbons (Fsp3) is 0.0769. The molecule has 0 aliphatic rings. The lowest BCUT2D eigenvalue weighted by Gasteiger charge is -2.02. The molecule has 0 radical (unpaired) electrons. The first-order valence-corrected chi connectivity index (χ1v) is 9.08. The molecule has 2 aromatic rings. The molecule has 1 amide bonds. The molecule has 0 atom stereocenters. The predicted octanol–water partition coefficient (Wildman–Crippen LogP) is 1.99. The van der Waals surface area contributed by atoms with Gasteiger partial charge in [-0.25, -0.2) is 0 Å². The summed E-state index contributed by atoms with van der Waals surface area (Å²) in [5.74, 6) is -0.720. The zero-order valence-electron chi connectivity index (χ0n) is 11.9. The van der Waals surface area contributed by atoms with Gasteiger partial charge in [0.25, 0.3) is 16.0 Å². The zero-order valence-corrected chi connectivity index (χ0v) is 14.3. The first kappa shape index (κ1) is 19.1.